The Hall–Kier alpha value is -2.68. The molecule has 0 saturated carbocycles. The second-order valence-corrected chi connectivity index (χ2v) is 9.12. The minimum Gasteiger partial charge on any atom is -0.322 e. The lowest BCUT2D eigenvalue weighted by molar-refractivity contribution is 0.101. The van der Waals surface area contributed by atoms with Crippen LogP contribution >= 0.6 is 22.9 Å². The average Bonchev–Trinajstić information content (AvgIpc) is 3.18. The van der Waals surface area contributed by atoms with Crippen molar-refractivity contribution < 1.29 is 18.0 Å². The van der Waals surface area contributed by atoms with E-state index in [9.17, 15) is 18.0 Å². The third-order valence-electron chi connectivity index (χ3n) is 3.78. The smallest absolute Gasteiger partial charge is 0.256 e. The second kappa shape index (κ2) is 8.14. The Morgan fingerprint density at radius 1 is 0.964 bits per heavy atom. The van der Waals surface area contributed by atoms with Crippen molar-refractivity contribution >= 4 is 56.0 Å². The largest absolute Gasteiger partial charge is 0.322 e. The number of anilines is 2. The minimum absolute atomic E-state index is 0.0535. The molecule has 0 saturated heterocycles. The summed E-state index contributed by atoms with van der Waals surface area (Å²) in [5.41, 5.74) is 1.56. The number of carbonyl (C=O) groups is 2. The molecule has 0 aliphatic heterocycles. The Labute approximate surface area is 171 Å². The van der Waals surface area contributed by atoms with E-state index in [1.807, 2.05) is 0 Å². The Balaban J connectivity index is 1.74. The Bertz CT molecular complexity index is 1140. The highest BCUT2D eigenvalue weighted by molar-refractivity contribution is 7.90. The molecule has 0 unspecified atom stereocenters. The molecule has 9 heteroatoms. The summed E-state index contributed by atoms with van der Waals surface area (Å²) < 4.78 is 23.3. The van der Waals surface area contributed by atoms with E-state index < -0.39 is 15.7 Å². The number of halogens is 1. The number of sulfone groups is 1. The summed E-state index contributed by atoms with van der Waals surface area (Å²) in [6, 6.07) is 12.1. The maximum absolute atomic E-state index is 12.4. The molecular weight excluding hydrogens is 420 g/mol. The fourth-order valence-electron chi connectivity index (χ4n) is 2.35. The fourth-order valence-corrected chi connectivity index (χ4v) is 3.88. The first-order valence-electron chi connectivity index (χ1n) is 7.98. The van der Waals surface area contributed by atoms with Crippen LogP contribution in [0.2, 0.25) is 5.02 Å². The van der Waals surface area contributed by atoms with Crippen LogP contribution in [0.4, 0.5) is 11.4 Å². The van der Waals surface area contributed by atoms with Gasteiger partial charge < -0.3 is 10.6 Å². The van der Waals surface area contributed by atoms with E-state index in [4.69, 9.17) is 11.6 Å². The van der Waals surface area contributed by atoms with Crippen LogP contribution in [0.3, 0.4) is 0 Å². The molecule has 2 aromatic carbocycles. The van der Waals surface area contributed by atoms with Gasteiger partial charge in [-0.1, -0.05) is 17.7 Å². The van der Waals surface area contributed by atoms with Crippen LogP contribution in [0.25, 0.3) is 0 Å². The van der Waals surface area contributed by atoms with Crippen LogP contribution in [-0.2, 0) is 9.84 Å². The third kappa shape index (κ3) is 4.78. The molecule has 3 rings (SSSR count). The second-order valence-electron chi connectivity index (χ2n) is 5.91. The molecule has 3 aromatic rings. The van der Waals surface area contributed by atoms with E-state index in [1.54, 1.807) is 29.0 Å². The van der Waals surface area contributed by atoms with Crippen LogP contribution in [0.1, 0.15) is 20.7 Å². The lowest BCUT2D eigenvalue weighted by Gasteiger charge is -2.10. The van der Waals surface area contributed by atoms with Crippen molar-refractivity contribution in [2.75, 3.05) is 16.9 Å². The predicted octanol–water partition coefficient (Wildman–Crippen LogP) is 4.31. The topological polar surface area (TPSA) is 92.3 Å². The van der Waals surface area contributed by atoms with Gasteiger partial charge in [0.05, 0.1) is 21.2 Å². The Morgan fingerprint density at radius 3 is 2.36 bits per heavy atom. The number of nitrogens with one attached hydrogen (secondary N) is 2. The van der Waals surface area contributed by atoms with Crippen molar-refractivity contribution in [2.45, 2.75) is 4.90 Å². The molecule has 2 N–H and O–H groups in total. The molecule has 1 heterocycles. The minimum atomic E-state index is -3.42. The molecule has 144 valence electrons. The first-order chi connectivity index (χ1) is 13.2. The first-order valence-corrected chi connectivity index (χ1v) is 11.2. The molecule has 0 aliphatic carbocycles. The number of hydrogen-bond acceptors (Lipinski definition) is 5. The van der Waals surface area contributed by atoms with E-state index in [2.05, 4.69) is 10.6 Å². The molecule has 0 spiro atoms. The summed E-state index contributed by atoms with van der Waals surface area (Å²) in [4.78, 5) is 24.6. The normalized spacial score (nSPS) is 11.1. The Kier molecular flexibility index (Phi) is 5.83. The van der Waals surface area contributed by atoms with Crippen LogP contribution in [0, 0.1) is 0 Å². The van der Waals surface area contributed by atoms with Gasteiger partial charge in [-0.2, -0.15) is 11.3 Å². The predicted molar refractivity (Wildman–Crippen MR) is 111 cm³/mol. The molecule has 0 fully saturated rings. The van der Waals surface area contributed by atoms with Crippen molar-refractivity contribution in [1.29, 1.82) is 0 Å². The number of thiophene rings is 1. The van der Waals surface area contributed by atoms with Gasteiger partial charge >= 0.3 is 0 Å². The van der Waals surface area contributed by atoms with Crippen molar-refractivity contribution in [3.63, 3.8) is 0 Å². The molecule has 0 radical (unpaired) electrons. The molecule has 2 amide bonds. The van der Waals surface area contributed by atoms with Gasteiger partial charge in [0.15, 0.2) is 9.84 Å². The maximum atomic E-state index is 12.4. The SMILES string of the molecule is CS(=O)(=O)c1cccc(C(=O)Nc2ccc(NC(=O)c3ccsc3)cc2Cl)c1. The van der Waals surface area contributed by atoms with Gasteiger partial charge in [0, 0.05) is 22.9 Å². The average molecular weight is 435 g/mol. The molecule has 0 bridgehead atoms. The highest BCUT2D eigenvalue weighted by Crippen LogP contribution is 2.26. The van der Waals surface area contributed by atoms with Gasteiger partial charge in [-0.05, 0) is 47.8 Å². The monoisotopic (exact) mass is 434 g/mol. The summed E-state index contributed by atoms with van der Waals surface area (Å²) in [6.45, 7) is 0. The highest BCUT2D eigenvalue weighted by Gasteiger charge is 2.14. The van der Waals surface area contributed by atoms with Crippen molar-refractivity contribution in [3.05, 3.63) is 75.4 Å². The van der Waals surface area contributed by atoms with E-state index in [0.717, 1.165) is 6.26 Å². The number of carbonyl (C=O) groups excluding carboxylic acids is 2. The molecule has 0 atom stereocenters. The third-order valence-corrected chi connectivity index (χ3v) is 5.89. The molecule has 6 nitrogen and oxygen atoms in total. The van der Waals surface area contributed by atoms with Crippen LogP contribution in [-0.4, -0.2) is 26.5 Å². The van der Waals surface area contributed by atoms with Crippen LogP contribution < -0.4 is 10.6 Å². The zero-order valence-electron chi connectivity index (χ0n) is 14.6. The summed E-state index contributed by atoms with van der Waals surface area (Å²) in [5.74, 6) is -0.755. The van der Waals surface area contributed by atoms with Gasteiger partial charge in [-0.15, -0.1) is 0 Å². The van der Waals surface area contributed by atoms with E-state index in [-0.39, 0.29) is 21.4 Å². The highest BCUT2D eigenvalue weighted by atomic mass is 35.5. The van der Waals surface area contributed by atoms with Gasteiger partial charge in [0.1, 0.15) is 0 Å². The standard InChI is InChI=1S/C19H15ClN2O4S2/c1-28(25,26)15-4-2-3-12(9-15)18(23)22-17-6-5-14(10-16(17)20)21-19(24)13-7-8-27-11-13/h2-11H,1H3,(H,21,24)(H,22,23). The quantitative estimate of drug-likeness (QED) is 0.625. The van der Waals surface area contributed by atoms with Gasteiger partial charge in [-0.25, -0.2) is 8.42 Å². The first kappa shape index (κ1) is 20.1. The number of rotatable bonds is 5. The number of amides is 2. The summed E-state index contributed by atoms with van der Waals surface area (Å²) in [7, 11) is -3.42. The summed E-state index contributed by atoms with van der Waals surface area (Å²) in [6.07, 6.45) is 1.07. The number of benzene rings is 2. The fraction of sp³-hybridized carbons (Fsp3) is 0.0526. The molecule has 1 aromatic heterocycles. The zero-order chi connectivity index (χ0) is 20.3. The van der Waals surface area contributed by atoms with Crippen molar-refractivity contribution in [1.82, 2.24) is 0 Å². The maximum Gasteiger partial charge on any atom is 0.256 e. The van der Waals surface area contributed by atoms with Gasteiger partial charge in [0.2, 0.25) is 0 Å². The summed E-state index contributed by atoms with van der Waals surface area (Å²) >= 11 is 7.63. The molecule has 0 aliphatic rings. The molecular formula is C19H15ClN2O4S2. The Morgan fingerprint density at radius 2 is 1.71 bits per heavy atom. The van der Waals surface area contributed by atoms with Crippen LogP contribution in [0.15, 0.2) is 64.2 Å². The lowest BCUT2D eigenvalue weighted by atomic mass is 10.2. The molecule has 28 heavy (non-hydrogen) atoms. The van der Waals surface area contributed by atoms with E-state index in [1.165, 1.54) is 41.7 Å². The lowest BCUT2D eigenvalue weighted by Crippen LogP contribution is -2.14. The van der Waals surface area contributed by atoms with Gasteiger partial charge in [-0.3, -0.25) is 9.59 Å². The van der Waals surface area contributed by atoms with Gasteiger partial charge in [0.25, 0.3) is 11.8 Å². The van der Waals surface area contributed by atoms with Crippen molar-refractivity contribution in [2.24, 2.45) is 0 Å². The van der Waals surface area contributed by atoms with Crippen LogP contribution in [0.5, 0.6) is 0 Å². The van der Waals surface area contributed by atoms with E-state index >= 15 is 0 Å². The van der Waals surface area contributed by atoms with Crippen molar-refractivity contribution in [3.8, 4) is 0 Å². The number of hydrogen-bond donors (Lipinski definition) is 2. The summed E-state index contributed by atoms with van der Waals surface area (Å²) in [5, 5.41) is 9.13. The van der Waals surface area contributed by atoms with E-state index in [0.29, 0.717) is 16.9 Å². The zero-order valence-corrected chi connectivity index (χ0v) is 17.0.